The first-order valence-electron chi connectivity index (χ1n) is 6.16. The van der Waals surface area contributed by atoms with Gasteiger partial charge in [-0.3, -0.25) is 0 Å². The number of halogens is 1. The van der Waals surface area contributed by atoms with E-state index in [0.29, 0.717) is 5.82 Å². The lowest BCUT2D eigenvalue weighted by atomic mass is 10.1. The van der Waals surface area contributed by atoms with Crippen molar-refractivity contribution < 1.29 is 0 Å². The Labute approximate surface area is 129 Å². The van der Waals surface area contributed by atoms with E-state index in [-0.39, 0.29) is 0 Å². The number of benzene rings is 1. The maximum Gasteiger partial charge on any atom is 0.188 e. The number of hydrogen-bond donors (Lipinski definition) is 0. The van der Waals surface area contributed by atoms with Crippen LogP contribution in [-0.4, -0.2) is 15.0 Å². The predicted molar refractivity (Wildman–Crippen MR) is 85.8 cm³/mol. The molecular weight excluding hydrogens is 334 g/mol. The van der Waals surface area contributed by atoms with Gasteiger partial charge in [-0.2, -0.15) is 0 Å². The second-order valence-electron chi connectivity index (χ2n) is 4.51. The lowest BCUT2D eigenvalue weighted by Gasteiger charge is -1.98. The summed E-state index contributed by atoms with van der Waals surface area (Å²) in [6, 6.07) is 8.17. The van der Waals surface area contributed by atoms with Crippen LogP contribution in [0.4, 0.5) is 0 Å². The summed E-state index contributed by atoms with van der Waals surface area (Å²) in [5, 5.41) is 0.861. The molecule has 5 heteroatoms. The molecule has 2 aromatic heterocycles. The Morgan fingerprint density at radius 1 is 1.00 bits per heavy atom. The molecule has 1 aromatic carbocycles. The number of rotatable bonds is 2. The minimum Gasteiger partial charge on any atom is -0.234 e. The maximum absolute atomic E-state index is 4.69. The van der Waals surface area contributed by atoms with Crippen LogP contribution in [0.2, 0.25) is 0 Å². The molecule has 100 valence electrons. The Balaban J connectivity index is 2.02. The standard InChI is InChI=1S/C15H12BrN3S/c1-9-7-17-14(18-8-9)15-19-13(10(2)20-15)11-3-5-12(16)6-4-11/h3-8H,1-2H3. The van der Waals surface area contributed by atoms with E-state index < -0.39 is 0 Å². The third kappa shape index (κ3) is 2.64. The van der Waals surface area contributed by atoms with Crippen molar-refractivity contribution in [2.24, 2.45) is 0 Å². The molecule has 0 aliphatic rings. The second-order valence-corrected chi connectivity index (χ2v) is 6.63. The fourth-order valence-electron chi connectivity index (χ4n) is 1.87. The predicted octanol–water partition coefficient (Wildman–Crippen LogP) is 4.65. The third-order valence-electron chi connectivity index (χ3n) is 2.89. The summed E-state index contributed by atoms with van der Waals surface area (Å²) >= 11 is 5.07. The molecule has 0 atom stereocenters. The highest BCUT2D eigenvalue weighted by molar-refractivity contribution is 9.10. The molecule has 0 fully saturated rings. The highest BCUT2D eigenvalue weighted by Crippen LogP contribution is 2.32. The van der Waals surface area contributed by atoms with Gasteiger partial charge in [0, 0.05) is 27.3 Å². The maximum atomic E-state index is 4.69. The van der Waals surface area contributed by atoms with E-state index in [0.717, 1.165) is 26.3 Å². The summed E-state index contributed by atoms with van der Waals surface area (Å²) in [6.45, 7) is 4.05. The van der Waals surface area contributed by atoms with Gasteiger partial charge in [0.25, 0.3) is 0 Å². The smallest absolute Gasteiger partial charge is 0.188 e. The number of nitrogens with zero attached hydrogens (tertiary/aromatic N) is 3. The van der Waals surface area contributed by atoms with Gasteiger partial charge >= 0.3 is 0 Å². The molecule has 2 heterocycles. The van der Waals surface area contributed by atoms with Crippen LogP contribution in [0.5, 0.6) is 0 Å². The molecule has 0 spiro atoms. The van der Waals surface area contributed by atoms with Crippen molar-refractivity contribution in [3.8, 4) is 22.1 Å². The molecular formula is C15H12BrN3S. The minimum atomic E-state index is 0.687. The van der Waals surface area contributed by atoms with E-state index in [4.69, 9.17) is 0 Å². The van der Waals surface area contributed by atoms with Gasteiger partial charge in [0.15, 0.2) is 10.8 Å². The molecule has 0 bridgehead atoms. The van der Waals surface area contributed by atoms with Crippen LogP contribution in [0.25, 0.3) is 22.1 Å². The van der Waals surface area contributed by atoms with Crippen molar-refractivity contribution in [1.82, 2.24) is 15.0 Å². The van der Waals surface area contributed by atoms with Gasteiger partial charge < -0.3 is 0 Å². The summed E-state index contributed by atoms with van der Waals surface area (Å²) in [5.74, 6) is 0.687. The van der Waals surface area contributed by atoms with Crippen molar-refractivity contribution in [2.45, 2.75) is 13.8 Å². The Morgan fingerprint density at radius 2 is 1.65 bits per heavy atom. The summed E-state index contributed by atoms with van der Waals surface area (Å²) < 4.78 is 1.07. The van der Waals surface area contributed by atoms with Gasteiger partial charge in [0.1, 0.15) is 0 Å². The number of thiazole rings is 1. The Bertz CT molecular complexity index is 733. The molecule has 0 amide bonds. The summed E-state index contributed by atoms with van der Waals surface area (Å²) in [7, 11) is 0. The quantitative estimate of drug-likeness (QED) is 0.678. The van der Waals surface area contributed by atoms with Crippen LogP contribution in [-0.2, 0) is 0 Å². The van der Waals surface area contributed by atoms with E-state index in [1.807, 2.05) is 31.5 Å². The lowest BCUT2D eigenvalue weighted by molar-refractivity contribution is 1.13. The molecule has 0 saturated carbocycles. The highest BCUT2D eigenvalue weighted by Gasteiger charge is 2.12. The molecule has 0 aliphatic heterocycles. The van der Waals surface area contributed by atoms with Gasteiger partial charge in [-0.1, -0.05) is 28.1 Å². The van der Waals surface area contributed by atoms with Gasteiger partial charge in [0.2, 0.25) is 0 Å². The molecule has 0 saturated heterocycles. The highest BCUT2D eigenvalue weighted by atomic mass is 79.9. The minimum absolute atomic E-state index is 0.687. The fourth-order valence-corrected chi connectivity index (χ4v) is 3.02. The van der Waals surface area contributed by atoms with Crippen LogP contribution < -0.4 is 0 Å². The molecule has 0 radical (unpaired) electrons. The summed E-state index contributed by atoms with van der Waals surface area (Å²) in [5.41, 5.74) is 3.16. The number of aryl methyl sites for hydroxylation is 2. The van der Waals surface area contributed by atoms with Crippen molar-refractivity contribution in [1.29, 1.82) is 0 Å². The molecule has 0 N–H and O–H groups in total. The van der Waals surface area contributed by atoms with Crippen LogP contribution in [0, 0.1) is 13.8 Å². The van der Waals surface area contributed by atoms with Gasteiger partial charge in [0.05, 0.1) is 5.69 Å². The van der Waals surface area contributed by atoms with E-state index in [2.05, 4.69) is 49.9 Å². The summed E-state index contributed by atoms with van der Waals surface area (Å²) in [6.07, 6.45) is 3.64. The Kier molecular flexibility index (Phi) is 3.63. The van der Waals surface area contributed by atoms with E-state index in [9.17, 15) is 0 Å². The molecule has 3 rings (SSSR count). The van der Waals surface area contributed by atoms with Crippen molar-refractivity contribution >= 4 is 27.3 Å². The molecule has 3 nitrogen and oxygen atoms in total. The monoisotopic (exact) mass is 345 g/mol. The van der Waals surface area contributed by atoms with Crippen molar-refractivity contribution in [3.05, 3.63) is 51.6 Å². The summed E-state index contributed by atoms with van der Waals surface area (Å²) in [4.78, 5) is 14.5. The van der Waals surface area contributed by atoms with Crippen molar-refractivity contribution in [3.63, 3.8) is 0 Å². The third-order valence-corrected chi connectivity index (χ3v) is 4.38. The number of aromatic nitrogens is 3. The van der Waals surface area contributed by atoms with Gasteiger partial charge in [-0.25, -0.2) is 15.0 Å². The Morgan fingerprint density at radius 3 is 2.30 bits per heavy atom. The molecule has 3 aromatic rings. The fraction of sp³-hybridized carbons (Fsp3) is 0.133. The van der Waals surface area contributed by atoms with Crippen LogP contribution >= 0.6 is 27.3 Å². The van der Waals surface area contributed by atoms with E-state index in [1.54, 1.807) is 11.3 Å². The zero-order valence-electron chi connectivity index (χ0n) is 11.1. The average Bonchev–Trinajstić information content (AvgIpc) is 2.82. The van der Waals surface area contributed by atoms with E-state index >= 15 is 0 Å². The van der Waals surface area contributed by atoms with Crippen LogP contribution in [0.15, 0.2) is 41.1 Å². The molecule has 0 unspecified atom stereocenters. The van der Waals surface area contributed by atoms with Crippen molar-refractivity contribution in [2.75, 3.05) is 0 Å². The first-order chi connectivity index (χ1) is 9.63. The van der Waals surface area contributed by atoms with Crippen LogP contribution in [0.3, 0.4) is 0 Å². The largest absolute Gasteiger partial charge is 0.234 e. The SMILES string of the molecule is Cc1cnc(-c2nc(-c3ccc(Br)cc3)c(C)s2)nc1. The molecule has 20 heavy (non-hydrogen) atoms. The first-order valence-corrected chi connectivity index (χ1v) is 7.77. The number of hydrogen-bond acceptors (Lipinski definition) is 4. The normalized spacial score (nSPS) is 10.8. The lowest BCUT2D eigenvalue weighted by Crippen LogP contribution is -1.88. The van der Waals surface area contributed by atoms with E-state index in [1.165, 1.54) is 4.88 Å². The topological polar surface area (TPSA) is 38.7 Å². The Hall–Kier alpha value is -1.59. The van der Waals surface area contributed by atoms with Gasteiger partial charge in [-0.15, -0.1) is 11.3 Å². The first kappa shape index (κ1) is 13.4. The average molecular weight is 346 g/mol. The second kappa shape index (κ2) is 5.42. The zero-order chi connectivity index (χ0) is 14.1. The van der Waals surface area contributed by atoms with Gasteiger partial charge in [-0.05, 0) is 31.5 Å². The molecule has 0 aliphatic carbocycles. The van der Waals surface area contributed by atoms with Crippen LogP contribution in [0.1, 0.15) is 10.4 Å². The zero-order valence-corrected chi connectivity index (χ0v) is 13.5.